The average molecular weight is 226 g/mol. The summed E-state index contributed by atoms with van der Waals surface area (Å²) in [6.07, 6.45) is 2.41. The summed E-state index contributed by atoms with van der Waals surface area (Å²) in [4.78, 5) is 13.1. The molecule has 1 fully saturated rings. The molecule has 88 valence electrons. The van der Waals surface area contributed by atoms with Gasteiger partial charge in [0, 0.05) is 12.2 Å². The molecular formula is C10H14N2O4. The Hall–Kier alpha value is -1.56. The normalized spacial score (nSPS) is 20.2. The van der Waals surface area contributed by atoms with Crippen LogP contribution < -0.4 is 4.90 Å². The van der Waals surface area contributed by atoms with Crippen LogP contribution in [0.3, 0.4) is 0 Å². The zero-order valence-electron chi connectivity index (χ0n) is 9.05. The summed E-state index contributed by atoms with van der Waals surface area (Å²) in [5, 5.41) is 12.6. The molecule has 1 aromatic rings. The fraction of sp³-hybridized carbons (Fsp3) is 0.600. The molecule has 2 rings (SSSR count). The number of amides is 1. The molecule has 0 radical (unpaired) electrons. The molecule has 1 amide bonds. The van der Waals surface area contributed by atoms with Gasteiger partial charge in [0.1, 0.15) is 12.9 Å². The van der Waals surface area contributed by atoms with Crippen LogP contribution in [0, 0.1) is 6.92 Å². The van der Waals surface area contributed by atoms with Crippen molar-refractivity contribution in [1.29, 1.82) is 0 Å². The minimum absolute atomic E-state index is 0.0663. The number of anilines is 1. The number of rotatable bonds is 4. The summed E-state index contributed by atoms with van der Waals surface area (Å²) >= 11 is 0. The first-order chi connectivity index (χ1) is 7.74. The molecule has 1 aliphatic rings. The van der Waals surface area contributed by atoms with E-state index < -0.39 is 6.09 Å². The summed E-state index contributed by atoms with van der Waals surface area (Å²) in [7, 11) is 0. The van der Waals surface area contributed by atoms with Crippen molar-refractivity contribution in [3.63, 3.8) is 0 Å². The van der Waals surface area contributed by atoms with Crippen LogP contribution in [0.4, 0.5) is 10.6 Å². The number of nitrogens with zero attached hydrogens (tertiary/aromatic N) is 2. The molecular weight excluding hydrogens is 212 g/mol. The molecule has 1 N–H and O–H groups in total. The van der Waals surface area contributed by atoms with E-state index in [0.29, 0.717) is 25.3 Å². The molecule has 0 aromatic carbocycles. The van der Waals surface area contributed by atoms with E-state index in [2.05, 4.69) is 5.16 Å². The fourth-order valence-corrected chi connectivity index (χ4v) is 1.77. The zero-order valence-corrected chi connectivity index (χ0v) is 9.05. The highest BCUT2D eigenvalue weighted by Crippen LogP contribution is 2.26. The number of carbonyl (C=O) groups excluding carboxylic acids is 1. The van der Waals surface area contributed by atoms with Crippen molar-refractivity contribution in [3.8, 4) is 0 Å². The molecule has 1 aliphatic heterocycles. The molecule has 1 atom stereocenters. The molecule has 1 unspecified atom stereocenters. The summed E-state index contributed by atoms with van der Waals surface area (Å²) < 4.78 is 9.79. The van der Waals surface area contributed by atoms with Gasteiger partial charge in [-0.25, -0.2) is 4.79 Å². The first kappa shape index (κ1) is 10.9. The average Bonchev–Trinajstić information content (AvgIpc) is 2.82. The maximum atomic E-state index is 11.6. The van der Waals surface area contributed by atoms with Crippen LogP contribution in [0.25, 0.3) is 0 Å². The zero-order chi connectivity index (χ0) is 11.5. The molecule has 1 aromatic heterocycles. The van der Waals surface area contributed by atoms with Crippen molar-refractivity contribution in [2.24, 2.45) is 0 Å². The summed E-state index contributed by atoms with van der Waals surface area (Å²) in [6, 6.07) is -0.0663. The molecule has 6 nitrogen and oxygen atoms in total. The van der Waals surface area contributed by atoms with Gasteiger partial charge < -0.3 is 14.4 Å². The highest BCUT2D eigenvalue weighted by atomic mass is 16.6. The van der Waals surface area contributed by atoms with E-state index >= 15 is 0 Å². The Labute approximate surface area is 92.8 Å². The number of carbonyl (C=O) groups is 1. The molecule has 6 heteroatoms. The number of aliphatic hydroxyl groups excluding tert-OH is 1. The van der Waals surface area contributed by atoms with Crippen molar-refractivity contribution < 1.29 is 19.2 Å². The molecule has 16 heavy (non-hydrogen) atoms. The minimum atomic E-state index is -0.403. The van der Waals surface area contributed by atoms with Crippen LogP contribution in [-0.4, -0.2) is 35.6 Å². The Kier molecular flexibility index (Phi) is 3.09. The molecule has 0 saturated carbocycles. The maximum Gasteiger partial charge on any atom is 0.416 e. The third-order valence-corrected chi connectivity index (χ3v) is 2.61. The molecule has 0 bridgehead atoms. The number of aryl methyl sites for hydroxylation is 1. The van der Waals surface area contributed by atoms with Gasteiger partial charge in [0.2, 0.25) is 0 Å². The number of cyclic esters (lactones) is 1. The second kappa shape index (κ2) is 4.52. The van der Waals surface area contributed by atoms with Gasteiger partial charge >= 0.3 is 6.09 Å². The van der Waals surface area contributed by atoms with E-state index in [1.54, 1.807) is 0 Å². The summed E-state index contributed by atoms with van der Waals surface area (Å²) in [5.74, 6) is 0.505. The van der Waals surface area contributed by atoms with Crippen LogP contribution >= 0.6 is 0 Å². The first-order valence-corrected chi connectivity index (χ1v) is 5.22. The quantitative estimate of drug-likeness (QED) is 0.831. The van der Waals surface area contributed by atoms with Gasteiger partial charge in [-0.05, 0) is 19.8 Å². The van der Waals surface area contributed by atoms with E-state index in [1.807, 2.05) is 6.92 Å². The van der Waals surface area contributed by atoms with Crippen LogP contribution in [0.1, 0.15) is 18.4 Å². The van der Waals surface area contributed by atoms with Crippen LogP contribution in [0.15, 0.2) is 10.8 Å². The van der Waals surface area contributed by atoms with Gasteiger partial charge in [0.25, 0.3) is 0 Å². The van der Waals surface area contributed by atoms with Crippen molar-refractivity contribution in [1.82, 2.24) is 5.16 Å². The standard InChI is InChI=1S/C10H14N2O4/c1-7-5-16-11-9(7)12-8(3-2-4-13)6-15-10(12)14/h5,8,13H,2-4,6H2,1H3. The maximum absolute atomic E-state index is 11.6. The van der Waals surface area contributed by atoms with Gasteiger partial charge in [-0.1, -0.05) is 5.16 Å². The molecule has 0 spiro atoms. The summed E-state index contributed by atoms with van der Waals surface area (Å²) in [6.45, 7) is 2.27. The van der Waals surface area contributed by atoms with Crippen molar-refractivity contribution >= 4 is 11.9 Å². The van der Waals surface area contributed by atoms with Crippen molar-refractivity contribution in [3.05, 3.63) is 11.8 Å². The highest BCUT2D eigenvalue weighted by molar-refractivity contribution is 5.89. The van der Waals surface area contributed by atoms with E-state index in [-0.39, 0.29) is 12.6 Å². The number of aromatic nitrogens is 1. The number of hydrogen-bond acceptors (Lipinski definition) is 5. The van der Waals surface area contributed by atoms with Crippen LogP contribution in [0.5, 0.6) is 0 Å². The lowest BCUT2D eigenvalue weighted by Crippen LogP contribution is -2.34. The van der Waals surface area contributed by atoms with Gasteiger partial charge in [-0.2, -0.15) is 0 Å². The highest BCUT2D eigenvalue weighted by Gasteiger charge is 2.36. The SMILES string of the molecule is Cc1conc1N1C(=O)OCC1CCCO. The Morgan fingerprint density at radius 1 is 1.69 bits per heavy atom. The van der Waals surface area contributed by atoms with Crippen molar-refractivity contribution in [2.75, 3.05) is 18.1 Å². The summed E-state index contributed by atoms with van der Waals surface area (Å²) in [5.41, 5.74) is 0.799. The topological polar surface area (TPSA) is 75.8 Å². The van der Waals surface area contributed by atoms with E-state index in [9.17, 15) is 4.79 Å². The number of hydrogen-bond donors (Lipinski definition) is 1. The third kappa shape index (κ3) is 1.88. The van der Waals surface area contributed by atoms with E-state index in [0.717, 1.165) is 5.56 Å². The number of aliphatic hydroxyl groups is 1. The smallest absolute Gasteiger partial charge is 0.416 e. The van der Waals surface area contributed by atoms with E-state index in [1.165, 1.54) is 11.2 Å². The molecule has 2 heterocycles. The lowest BCUT2D eigenvalue weighted by Gasteiger charge is -2.18. The van der Waals surface area contributed by atoms with Gasteiger partial charge in [0.05, 0.1) is 6.04 Å². The predicted octanol–water partition coefficient (Wildman–Crippen LogP) is 1.08. The van der Waals surface area contributed by atoms with Gasteiger partial charge in [0.15, 0.2) is 5.82 Å². The lowest BCUT2D eigenvalue weighted by atomic mass is 10.1. The van der Waals surface area contributed by atoms with Gasteiger partial charge in [-0.3, -0.25) is 4.90 Å². The molecule has 1 saturated heterocycles. The second-order valence-electron chi connectivity index (χ2n) is 3.79. The molecule has 0 aliphatic carbocycles. The fourth-order valence-electron chi connectivity index (χ4n) is 1.77. The second-order valence-corrected chi connectivity index (χ2v) is 3.79. The monoisotopic (exact) mass is 226 g/mol. The Morgan fingerprint density at radius 3 is 3.12 bits per heavy atom. The van der Waals surface area contributed by atoms with E-state index in [4.69, 9.17) is 14.4 Å². The lowest BCUT2D eigenvalue weighted by molar-refractivity contribution is 0.178. The third-order valence-electron chi connectivity index (χ3n) is 2.61. The van der Waals surface area contributed by atoms with Gasteiger partial charge in [-0.15, -0.1) is 0 Å². The number of ether oxygens (including phenoxy) is 1. The Morgan fingerprint density at radius 2 is 2.50 bits per heavy atom. The largest absolute Gasteiger partial charge is 0.447 e. The first-order valence-electron chi connectivity index (χ1n) is 5.22. The predicted molar refractivity (Wildman–Crippen MR) is 55.2 cm³/mol. The van der Waals surface area contributed by atoms with Crippen molar-refractivity contribution in [2.45, 2.75) is 25.8 Å². The van der Waals surface area contributed by atoms with Crippen LogP contribution in [0.2, 0.25) is 0 Å². The Balaban J connectivity index is 2.16. The minimum Gasteiger partial charge on any atom is -0.447 e. The Bertz CT molecular complexity index is 377. The van der Waals surface area contributed by atoms with Crippen LogP contribution in [-0.2, 0) is 4.74 Å².